The average Bonchev–Trinajstić information content (AvgIpc) is 3.21. The van der Waals surface area contributed by atoms with E-state index in [0.29, 0.717) is 13.1 Å². The fraction of sp³-hybridized carbons (Fsp3) is 0.500. The Labute approximate surface area is 135 Å². The van der Waals surface area contributed by atoms with Crippen LogP contribution < -0.4 is 10.6 Å². The normalized spacial score (nSPS) is 13.7. The first-order chi connectivity index (χ1) is 9.24. The third-order valence-corrected chi connectivity index (χ3v) is 4.19. The van der Waals surface area contributed by atoms with Crippen molar-refractivity contribution in [1.82, 2.24) is 10.6 Å². The molecular weight excluding hydrogens is 315 g/mol. The molecule has 6 heteroatoms. The van der Waals surface area contributed by atoms with Gasteiger partial charge in [-0.05, 0) is 49.6 Å². The summed E-state index contributed by atoms with van der Waals surface area (Å²) >= 11 is 7.53. The van der Waals surface area contributed by atoms with E-state index in [1.807, 2.05) is 24.3 Å². The zero-order valence-electron chi connectivity index (χ0n) is 11.2. The first-order valence-corrected chi connectivity index (χ1v) is 7.96. The van der Waals surface area contributed by atoms with Crippen molar-refractivity contribution < 1.29 is 4.79 Å². The Morgan fingerprint density at radius 1 is 1.30 bits per heavy atom. The van der Waals surface area contributed by atoms with Gasteiger partial charge in [0.25, 0.3) is 0 Å². The summed E-state index contributed by atoms with van der Waals surface area (Å²) < 4.78 is 0. The number of nitrogens with one attached hydrogen (secondary N) is 2. The topological polar surface area (TPSA) is 41.1 Å². The van der Waals surface area contributed by atoms with Gasteiger partial charge in [-0.15, -0.1) is 24.2 Å². The first kappa shape index (κ1) is 17.6. The van der Waals surface area contributed by atoms with E-state index in [9.17, 15) is 4.79 Å². The lowest BCUT2D eigenvalue weighted by Gasteiger charge is -2.06. The second-order valence-electron chi connectivity index (χ2n) is 4.73. The van der Waals surface area contributed by atoms with Crippen LogP contribution in [-0.4, -0.2) is 31.3 Å². The van der Waals surface area contributed by atoms with E-state index in [0.717, 1.165) is 23.2 Å². The number of thioether (sulfide) groups is 1. The van der Waals surface area contributed by atoms with Crippen molar-refractivity contribution in [3.8, 4) is 0 Å². The Hall–Kier alpha value is -0.420. The minimum absolute atomic E-state index is 0. The molecule has 1 fully saturated rings. The summed E-state index contributed by atoms with van der Waals surface area (Å²) in [6.07, 6.45) is 2.62. The highest BCUT2D eigenvalue weighted by molar-refractivity contribution is 7.99. The van der Waals surface area contributed by atoms with Crippen LogP contribution in [-0.2, 0) is 4.79 Å². The number of hydrogen-bond donors (Lipinski definition) is 2. The van der Waals surface area contributed by atoms with Crippen LogP contribution in [0.15, 0.2) is 29.2 Å². The Balaban J connectivity index is 0.00000200. The fourth-order valence-corrected chi connectivity index (χ4v) is 2.56. The average molecular weight is 335 g/mol. The first-order valence-electron chi connectivity index (χ1n) is 6.60. The Kier molecular flexibility index (Phi) is 8.38. The van der Waals surface area contributed by atoms with Gasteiger partial charge in [-0.2, -0.15) is 0 Å². The smallest absolute Gasteiger partial charge is 0.233 e. The lowest BCUT2D eigenvalue weighted by Crippen LogP contribution is -2.35. The maximum absolute atomic E-state index is 11.5. The monoisotopic (exact) mass is 334 g/mol. The number of carbonyl (C=O) groups is 1. The van der Waals surface area contributed by atoms with Gasteiger partial charge in [-0.1, -0.05) is 11.6 Å². The largest absolute Gasteiger partial charge is 0.354 e. The quantitative estimate of drug-likeness (QED) is 0.567. The molecule has 0 bridgehead atoms. The molecule has 2 rings (SSSR count). The SMILES string of the molecule is Cl.O=C(CNCC1CC1)NCCSc1ccc(Cl)cc1. The summed E-state index contributed by atoms with van der Waals surface area (Å²) in [6, 6.07) is 7.74. The summed E-state index contributed by atoms with van der Waals surface area (Å²) in [5.74, 6) is 1.77. The predicted molar refractivity (Wildman–Crippen MR) is 88.0 cm³/mol. The number of benzene rings is 1. The standard InChI is InChI=1S/C14H19ClN2OS.ClH/c15-12-3-5-13(6-4-12)19-8-7-17-14(18)10-16-9-11-1-2-11;/h3-6,11,16H,1-2,7-10H2,(H,17,18);1H. The van der Waals surface area contributed by atoms with Crippen LogP contribution in [0.2, 0.25) is 5.02 Å². The van der Waals surface area contributed by atoms with E-state index in [1.165, 1.54) is 17.7 Å². The van der Waals surface area contributed by atoms with Crippen molar-refractivity contribution in [1.29, 1.82) is 0 Å². The van der Waals surface area contributed by atoms with Gasteiger partial charge in [0.2, 0.25) is 5.91 Å². The molecule has 0 spiro atoms. The molecule has 3 nitrogen and oxygen atoms in total. The highest BCUT2D eigenvalue weighted by atomic mass is 35.5. The van der Waals surface area contributed by atoms with Gasteiger partial charge in [0.1, 0.15) is 0 Å². The molecule has 0 unspecified atom stereocenters. The molecule has 1 amide bonds. The molecule has 0 radical (unpaired) electrons. The van der Waals surface area contributed by atoms with Crippen LogP contribution >= 0.6 is 35.8 Å². The predicted octanol–water partition coefficient (Wildman–Crippen LogP) is 2.97. The third-order valence-electron chi connectivity index (χ3n) is 2.92. The maximum atomic E-state index is 11.5. The Morgan fingerprint density at radius 2 is 2.00 bits per heavy atom. The summed E-state index contributed by atoms with van der Waals surface area (Å²) in [7, 11) is 0. The molecule has 0 heterocycles. The zero-order valence-corrected chi connectivity index (χ0v) is 13.6. The van der Waals surface area contributed by atoms with Crippen molar-refractivity contribution in [2.45, 2.75) is 17.7 Å². The van der Waals surface area contributed by atoms with Gasteiger partial charge in [0.05, 0.1) is 6.54 Å². The van der Waals surface area contributed by atoms with Crippen molar-refractivity contribution in [2.75, 3.05) is 25.4 Å². The minimum Gasteiger partial charge on any atom is -0.354 e. The molecule has 0 atom stereocenters. The summed E-state index contributed by atoms with van der Waals surface area (Å²) in [4.78, 5) is 12.7. The van der Waals surface area contributed by atoms with E-state index in [2.05, 4.69) is 10.6 Å². The van der Waals surface area contributed by atoms with E-state index in [1.54, 1.807) is 11.8 Å². The second-order valence-corrected chi connectivity index (χ2v) is 6.33. The van der Waals surface area contributed by atoms with Crippen molar-refractivity contribution in [3.05, 3.63) is 29.3 Å². The number of carbonyl (C=O) groups excluding carboxylic acids is 1. The van der Waals surface area contributed by atoms with Gasteiger partial charge in [-0.3, -0.25) is 4.79 Å². The molecule has 0 aliphatic heterocycles. The van der Waals surface area contributed by atoms with E-state index >= 15 is 0 Å². The molecular formula is C14H20Cl2N2OS. The van der Waals surface area contributed by atoms with Gasteiger partial charge in [-0.25, -0.2) is 0 Å². The lowest BCUT2D eigenvalue weighted by atomic mass is 10.4. The van der Waals surface area contributed by atoms with E-state index < -0.39 is 0 Å². The fourth-order valence-electron chi connectivity index (χ4n) is 1.66. The Bertz CT molecular complexity index is 410. The lowest BCUT2D eigenvalue weighted by molar-refractivity contribution is -0.120. The molecule has 1 saturated carbocycles. The van der Waals surface area contributed by atoms with Crippen molar-refractivity contribution in [2.24, 2.45) is 5.92 Å². The van der Waals surface area contributed by atoms with Gasteiger partial charge >= 0.3 is 0 Å². The van der Waals surface area contributed by atoms with Gasteiger partial charge in [0.15, 0.2) is 0 Å². The molecule has 112 valence electrons. The summed E-state index contributed by atoms with van der Waals surface area (Å²) in [5, 5.41) is 6.84. The van der Waals surface area contributed by atoms with Crippen molar-refractivity contribution >= 4 is 41.7 Å². The summed E-state index contributed by atoms with van der Waals surface area (Å²) in [6.45, 7) is 2.10. The highest BCUT2D eigenvalue weighted by Crippen LogP contribution is 2.27. The van der Waals surface area contributed by atoms with Gasteiger partial charge in [0, 0.05) is 22.2 Å². The molecule has 1 aromatic rings. The van der Waals surface area contributed by atoms with Crippen LogP contribution in [0.1, 0.15) is 12.8 Å². The van der Waals surface area contributed by atoms with Crippen LogP contribution in [0.25, 0.3) is 0 Å². The Morgan fingerprint density at radius 3 is 2.65 bits per heavy atom. The number of rotatable bonds is 8. The maximum Gasteiger partial charge on any atom is 0.233 e. The molecule has 1 aromatic carbocycles. The molecule has 0 saturated heterocycles. The molecule has 2 N–H and O–H groups in total. The summed E-state index contributed by atoms with van der Waals surface area (Å²) in [5.41, 5.74) is 0. The number of amides is 1. The molecule has 20 heavy (non-hydrogen) atoms. The number of hydrogen-bond acceptors (Lipinski definition) is 3. The highest BCUT2D eigenvalue weighted by Gasteiger charge is 2.20. The zero-order chi connectivity index (χ0) is 13.5. The molecule has 0 aromatic heterocycles. The van der Waals surface area contributed by atoms with Crippen LogP contribution in [0.3, 0.4) is 0 Å². The van der Waals surface area contributed by atoms with Crippen LogP contribution in [0.4, 0.5) is 0 Å². The second kappa shape index (κ2) is 9.50. The molecule has 1 aliphatic rings. The molecule has 1 aliphatic carbocycles. The van der Waals surface area contributed by atoms with Gasteiger partial charge < -0.3 is 10.6 Å². The van der Waals surface area contributed by atoms with Crippen LogP contribution in [0.5, 0.6) is 0 Å². The van der Waals surface area contributed by atoms with Crippen molar-refractivity contribution in [3.63, 3.8) is 0 Å². The van der Waals surface area contributed by atoms with E-state index in [-0.39, 0.29) is 18.3 Å². The third kappa shape index (κ3) is 7.39. The number of halogens is 2. The van der Waals surface area contributed by atoms with Crippen LogP contribution in [0, 0.1) is 5.92 Å². The van der Waals surface area contributed by atoms with E-state index in [4.69, 9.17) is 11.6 Å². The minimum atomic E-state index is 0.